The highest BCUT2D eigenvalue weighted by Crippen LogP contribution is 2.19. The molecule has 120 valence electrons. The molecule has 0 unspecified atom stereocenters. The number of aliphatic hydroxyl groups is 1. The molecule has 0 aromatic rings. The molecule has 0 aromatic carbocycles. The van der Waals surface area contributed by atoms with Crippen LogP contribution in [0.1, 0.15) is 33.6 Å². The fourth-order valence-electron chi connectivity index (χ4n) is 1.46. The zero-order valence-corrected chi connectivity index (χ0v) is 12.4. The van der Waals surface area contributed by atoms with Crippen LogP contribution in [-0.2, 0) is 19.2 Å². The summed E-state index contributed by atoms with van der Waals surface area (Å²) in [5.41, 5.74) is -0.959. The average Bonchev–Trinajstić information content (AvgIpc) is 2.34. The standard InChI is InChI=1S/C13H22N2O6/c1-8(16)6-9(17)15-7-13(2,3)11(20)12(21)14-5-4-10(18)19/h11,20H,4-7H2,1-3H3,(H,14,21)(H,15,17)(H,18,19)/t11-/m0/s1. The van der Waals surface area contributed by atoms with Crippen LogP contribution in [0.3, 0.4) is 0 Å². The van der Waals surface area contributed by atoms with Crippen LogP contribution in [0, 0.1) is 5.41 Å². The van der Waals surface area contributed by atoms with E-state index >= 15 is 0 Å². The molecule has 8 nitrogen and oxygen atoms in total. The first kappa shape index (κ1) is 19.0. The molecule has 0 aliphatic heterocycles. The summed E-state index contributed by atoms with van der Waals surface area (Å²) in [5.74, 6) is -2.52. The van der Waals surface area contributed by atoms with Gasteiger partial charge in [-0.3, -0.25) is 19.2 Å². The molecule has 0 aliphatic carbocycles. The van der Waals surface area contributed by atoms with Crippen LogP contribution in [-0.4, -0.2) is 53.0 Å². The van der Waals surface area contributed by atoms with Crippen molar-refractivity contribution >= 4 is 23.6 Å². The topological polar surface area (TPSA) is 133 Å². The van der Waals surface area contributed by atoms with Crippen molar-refractivity contribution in [2.24, 2.45) is 5.41 Å². The van der Waals surface area contributed by atoms with Crippen molar-refractivity contribution in [3.63, 3.8) is 0 Å². The van der Waals surface area contributed by atoms with Gasteiger partial charge in [-0.25, -0.2) is 0 Å². The Labute approximate surface area is 122 Å². The minimum atomic E-state index is -1.41. The molecule has 0 aromatic heterocycles. The second-order valence-electron chi connectivity index (χ2n) is 5.48. The third kappa shape index (κ3) is 8.03. The SMILES string of the molecule is CC(=O)CC(=O)NCC(C)(C)[C@@H](O)C(=O)NCCC(=O)O. The Hall–Kier alpha value is -1.96. The van der Waals surface area contributed by atoms with E-state index in [4.69, 9.17) is 5.11 Å². The van der Waals surface area contributed by atoms with Crippen LogP contribution in [0.5, 0.6) is 0 Å². The van der Waals surface area contributed by atoms with E-state index in [-0.39, 0.29) is 31.7 Å². The van der Waals surface area contributed by atoms with Gasteiger partial charge in [0.25, 0.3) is 0 Å². The Bertz CT molecular complexity index is 419. The lowest BCUT2D eigenvalue weighted by Gasteiger charge is -2.29. The van der Waals surface area contributed by atoms with Gasteiger partial charge in [0, 0.05) is 18.5 Å². The lowest BCUT2D eigenvalue weighted by molar-refractivity contribution is -0.138. The lowest BCUT2D eigenvalue weighted by Crippen LogP contribution is -2.49. The fraction of sp³-hybridized carbons (Fsp3) is 0.692. The fourth-order valence-corrected chi connectivity index (χ4v) is 1.46. The molecule has 8 heteroatoms. The molecule has 0 aliphatic rings. The zero-order chi connectivity index (χ0) is 16.6. The smallest absolute Gasteiger partial charge is 0.305 e. The molecular formula is C13H22N2O6. The minimum Gasteiger partial charge on any atom is -0.481 e. The molecule has 0 saturated carbocycles. The molecule has 4 N–H and O–H groups in total. The van der Waals surface area contributed by atoms with Crippen LogP contribution in [0.25, 0.3) is 0 Å². The van der Waals surface area contributed by atoms with E-state index in [1.54, 1.807) is 13.8 Å². The first-order valence-corrected chi connectivity index (χ1v) is 6.50. The van der Waals surface area contributed by atoms with E-state index in [0.717, 1.165) is 0 Å². The Morgan fingerprint density at radius 3 is 2.19 bits per heavy atom. The number of aliphatic carboxylic acids is 1. The van der Waals surface area contributed by atoms with Crippen LogP contribution in [0.2, 0.25) is 0 Å². The Kier molecular flexibility index (Phi) is 7.57. The summed E-state index contributed by atoms with van der Waals surface area (Å²) >= 11 is 0. The van der Waals surface area contributed by atoms with E-state index in [2.05, 4.69) is 10.6 Å². The molecule has 0 bridgehead atoms. The van der Waals surface area contributed by atoms with Crippen LogP contribution in [0.15, 0.2) is 0 Å². The van der Waals surface area contributed by atoms with Crippen molar-refractivity contribution in [3.8, 4) is 0 Å². The van der Waals surface area contributed by atoms with Crippen LogP contribution < -0.4 is 10.6 Å². The summed E-state index contributed by atoms with van der Waals surface area (Å²) in [6.07, 6.45) is -1.91. The van der Waals surface area contributed by atoms with Gasteiger partial charge in [0.1, 0.15) is 11.9 Å². The molecule has 0 saturated heterocycles. The van der Waals surface area contributed by atoms with Gasteiger partial charge in [-0.15, -0.1) is 0 Å². The Balaban J connectivity index is 4.33. The van der Waals surface area contributed by atoms with Gasteiger partial charge >= 0.3 is 5.97 Å². The van der Waals surface area contributed by atoms with Crippen LogP contribution in [0.4, 0.5) is 0 Å². The van der Waals surface area contributed by atoms with Gasteiger partial charge in [-0.05, 0) is 6.92 Å². The molecule has 0 fully saturated rings. The van der Waals surface area contributed by atoms with E-state index in [9.17, 15) is 24.3 Å². The van der Waals surface area contributed by atoms with E-state index in [0.29, 0.717) is 0 Å². The number of hydrogen-bond acceptors (Lipinski definition) is 5. The highest BCUT2D eigenvalue weighted by atomic mass is 16.4. The first-order valence-electron chi connectivity index (χ1n) is 6.50. The molecule has 0 radical (unpaired) electrons. The van der Waals surface area contributed by atoms with Gasteiger partial charge in [-0.1, -0.05) is 13.8 Å². The van der Waals surface area contributed by atoms with Crippen molar-refractivity contribution < 1.29 is 29.4 Å². The maximum Gasteiger partial charge on any atom is 0.305 e. The average molecular weight is 302 g/mol. The van der Waals surface area contributed by atoms with Gasteiger partial charge in [0.05, 0.1) is 12.8 Å². The van der Waals surface area contributed by atoms with E-state index < -0.39 is 29.3 Å². The van der Waals surface area contributed by atoms with Gasteiger partial charge < -0.3 is 20.8 Å². The summed E-state index contributed by atoms with van der Waals surface area (Å²) < 4.78 is 0. The Morgan fingerprint density at radius 2 is 1.71 bits per heavy atom. The Morgan fingerprint density at radius 1 is 1.14 bits per heavy atom. The highest BCUT2D eigenvalue weighted by molar-refractivity contribution is 5.96. The van der Waals surface area contributed by atoms with Gasteiger partial charge in [-0.2, -0.15) is 0 Å². The first-order chi connectivity index (χ1) is 9.56. The zero-order valence-electron chi connectivity index (χ0n) is 12.4. The number of ketones is 1. The van der Waals surface area contributed by atoms with E-state index in [1.807, 2.05) is 0 Å². The number of nitrogens with one attached hydrogen (secondary N) is 2. The van der Waals surface area contributed by atoms with Crippen molar-refractivity contribution in [1.82, 2.24) is 10.6 Å². The molecule has 0 heterocycles. The number of carboxylic acid groups (broad SMARTS) is 1. The monoisotopic (exact) mass is 302 g/mol. The minimum absolute atomic E-state index is 0.00658. The summed E-state index contributed by atoms with van der Waals surface area (Å²) in [6, 6.07) is 0. The van der Waals surface area contributed by atoms with Crippen LogP contribution >= 0.6 is 0 Å². The molecule has 0 spiro atoms. The normalized spacial score (nSPS) is 12.4. The van der Waals surface area contributed by atoms with Gasteiger partial charge in [0.15, 0.2) is 0 Å². The lowest BCUT2D eigenvalue weighted by atomic mass is 9.85. The summed E-state index contributed by atoms with van der Waals surface area (Å²) in [4.78, 5) is 44.1. The van der Waals surface area contributed by atoms with Crippen molar-refractivity contribution in [2.45, 2.75) is 39.7 Å². The number of Topliss-reactive ketones (excluding diaryl/α,β-unsaturated/α-hetero) is 1. The number of carbonyl (C=O) groups is 4. The second-order valence-corrected chi connectivity index (χ2v) is 5.48. The number of aliphatic hydroxyl groups excluding tert-OH is 1. The third-order valence-corrected chi connectivity index (χ3v) is 2.78. The number of carboxylic acids is 1. The van der Waals surface area contributed by atoms with Crippen molar-refractivity contribution in [2.75, 3.05) is 13.1 Å². The highest BCUT2D eigenvalue weighted by Gasteiger charge is 2.33. The molecular weight excluding hydrogens is 280 g/mol. The van der Waals surface area contributed by atoms with E-state index in [1.165, 1.54) is 6.92 Å². The molecule has 2 amide bonds. The number of rotatable bonds is 9. The molecule has 0 rings (SSSR count). The maximum absolute atomic E-state index is 11.7. The number of carbonyl (C=O) groups excluding carboxylic acids is 3. The number of amides is 2. The predicted octanol–water partition coefficient (Wildman–Crippen LogP) is -0.940. The summed E-state index contributed by atoms with van der Waals surface area (Å²) in [6.45, 7) is 4.35. The largest absolute Gasteiger partial charge is 0.481 e. The number of hydrogen-bond donors (Lipinski definition) is 4. The third-order valence-electron chi connectivity index (χ3n) is 2.78. The molecule has 21 heavy (non-hydrogen) atoms. The van der Waals surface area contributed by atoms with Gasteiger partial charge in [0.2, 0.25) is 11.8 Å². The second kappa shape index (κ2) is 8.35. The predicted molar refractivity (Wildman–Crippen MR) is 73.4 cm³/mol. The maximum atomic E-state index is 11.7. The quantitative estimate of drug-likeness (QED) is 0.406. The summed E-state index contributed by atoms with van der Waals surface area (Å²) in [5, 5.41) is 23.2. The van der Waals surface area contributed by atoms with Crippen molar-refractivity contribution in [1.29, 1.82) is 0 Å². The molecule has 1 atom stereocenters. The summed E-state index contributed by atoms with van der Waals surface area (Å²) in [7, 11) is 0. The van der Waals surface area contributed by atoms with Crippen molar-refractivity contribution in [3.05, 3.63) is 0 Å².